The Hall–Kier alpha value is -1.08. The molecule has 1 amide bonds. The topological polar surface area (TPSA) is 66.5 Å². The number of rotatable bonds is 2. The van der Waals surface area contributed by atoms with Crippen molar-refractivity contribution in [2.45, 2.75) is 0 Å². The monoisotopic (exact) mass is 304 g/mol. The van der Waals surface area contributed by atoms with Gasteiger partial charge in [-0.05, 0) is 12.1 Å². The van der Waals surface area contributed by atoms with E-state index < -0.39 is 10.0 Å². The number of sulfonamides is 1. The Labute approximate surface area is 102 Å². The van der Waals surface area contributed by atoms with Crippen LogP contribution in [0.15, 0.2) is 24.3 Å². The number of hydrogen-bond acceptors (Lipinski definition) is 3. The van der Waals surface area contributed by atoms with E-state index in [1.54, 1.807) is 24.3 Å². The number of amides is 1. The van der Waals surface area contributed by atoms with Crippen LogP contribution in [0.3, 0.4) is 0 Å². The normalized spacial score (nSPS) is 15.6. The van der Waals surface area contributed by atoms with Crippen LogP contribution in [0.25, 0.3) is 0 Å². The molecule has 16 heavy (non-hydrogen) atoms. The number of carbonyl (C=O) groups is 1. The Morgan fingerprint density at radius 3 is 2.75 bits per heavy atom. The van der Waals surface area contributed by atoms with Gasteiger partial charge in [-0.3, -0.25) is 9.10 Å². The van der Waals surface area contributed by atoms with Crippen molar-refractivity contribution in [3.05, 3.63) is 24.3 Å². The van der Waals surface area contributed by atoms with Crippen molar-refractivity contribution in [3.8, 4) is 0 Å². The molecule has 0 saturated carbocycles. The van der Waals surface area contributed by atoms with Crippen molar-refractivity contribution in [2.75, 3.05) is 20.8 Å². The molecule has 1 aromatic rings. The van der Waals surface area contributed by atoms with E-state index in [0.717, 1.165) is 4.31 Å². The number of nitrogens with zero attached hydrogens (tertiary/aromatic N) is 1. The van der Waals surface area contributed by atoms with Crippen LogP contribution in [0.5, 0.6) is 0 Å². The fourth-order valence-electron chi connectivity index (χ4n) is 1.51. The van der Waals surface area contributed by atoms with Crippen LogP contribution >= 0.6 is 15.9 Å². The number of fused-ring (bicyclic) bond motifs is 1. The Kier molecular flexibility index (Phi) is 2.90. The van der Waals surface area contributed by atoms with E-state index in [-0.39, 0.29) is 17.1 Å². The number of halogens is 1. The maximum atomic E-state index is 11.8. The van der Waals surface area contributed by atoms with Gasteiger partial charge in [-0.2, -0.15) is 0 Å². The van der Waals surface area contributed by atoms with Crippen LogP contribution in [0.2, 0.25) is 0 Å². The quantitative estimate of drug-likeness (QED) is 0.833. The molecule has 2 rings (SSSR count). The molecule has 86 valence electrons. The minimum atomic E-state index is -3.48. The summed E-state index contributed by atoms with van der Waals surface area (Å²) in [5, 5.41) is 2.63. The van der Waals surface area contributed by atoms with E-state index in [4.69, 9.17) is 0 Å². The van der Waals surface area contributed by atoms with Gasteiger partial charge in [-0.15, -0.1) is 0 Å². The van der Waals surface area contributed by atoms with Crippen LogP contribution in [0.4, 0.5) is 11.4 Å². The lowest BCUT2D eigenvalue weighted by Crippen LogP contribution is -2.42. The van der Waals surface area contributed by atoms with Gasteiger partial charge in [0.2, 0.25) is 15.9 Å². The lowest BCUT2D eigenvalue weighted by Gasteiger charge is -2.29. The lowest BCUT2D eigenvalue weighted by atomic mass is 10.2. The minimum Gasteiger partial charge on any atom is -0.323 e. The van der Waals surface area contributed by atoms with Crippen LogP contribution in [-0.2, 0) is 14.8 Å². The SMILES string of the molecule is O=C1CN(S(=O)(=O)CBr)c2ccccc2N1. The molecule has 1 aliphatic heterocycles. The summed E-state index contributed by atoms with van der Waals surface area (Å²) >= 11 is 2.92. The Balaban J connectivity index is 2.54. The Morgan fingerprint density at radius 1 is 1.38 bits per heavy atom. The fourth-order valence-corrected chi connectivity index (χ4v) is 3.14. The minimum absolute atomic E-state index is 0.176. The van der Waals surface area contributed by atoms with Crippen LogP contribution < -0.4 is 9.62 Å². The van der Waals surface area contributed by atoms with Crippen molar-refractivity contribution in [2.24, 2.45) is 0 Å². The molecule has 0 spiro atoms. The molecule has 1 aliphatic rings. The van der Waals surface area contributed by atoms with Gasteiger partial charge < -0.3 is 5.32 Å². The highest BCUT2D eigenvalue weighted by Crippen LogP contribution is 2.31. The summed E-state index contributed by atoms with van der Waals surface area (Å²) in [6, 6.07) is 6.80. The predicted molar refractivity (Wildman–Crippen MR) is 65.1 cm³/mol. The third kappa shape index (κ3) is 1.92. The zero-order valence-corrected chi connectivity index (χ0v) is 10.6. The van der Waals surface area contributed by atoms with E-state index >= 15 is 0 Å². The van der Waals surface area contributed by atoms with E-state index in [2.05, 4.69) is 21.2 Å². The fraction of sp³-hybridized carbons (Fsp3) is 0.222. The third-order valence-corrected chi connectivity index (χ3v) is 5.22. The van der Waals surface area contributed by atoms with Gasteiger partial charge in [0.25, 0.3) is 0 Å². The molecule has 0 aromatic heterocycles. The molecule has 0 saturated heterocycles. The molecule has 1 N–H and O–H groups in total. The molecule has 0 aliphatic carbocycles. The summed E-state index contributed by atoms with van der Waals surface area (Å²) in [6.45, 7) is -0.176. The molecule has 0 fully saturated rings. The number of hydrogen-bond donors (Lipinski definition) is 1. The van der Waals surface area contributed by atoms with Gasteiger partial charge in [0.05, 0.1) is 11.4 Å². The molecule has 0 unspecified atom stereocenters. The van der Waals surface area contributed by atoms with Gasteiger partial charge in [0, 0.05) is 0 Å². The van der Waals surface area contributed by atoms with Crippen LogP contribution in [-0.4, -0.2) is 25.5 Å². The molecular formula is C9H9BrN2O3S. The molecule has 0 atom stereocenters. The van der Waals surface area contributed by atoms with Crippen molar-refractivity contribution in [3.63, 3.8) is 0 Å². The molecule has 7 heteroatoms. The maximum Gasteiger partial charge on any atom is 0.245 e. The lowest BCUT2D eigenvalue weighted by molar-refractivity contribution is -0.115. The largest absolute Gasteiger partial charge is 0.323 e. The average molecular weight is 305 g/mol. The number of para-hydroxylation sites is 2. The molecule has 5 nitrogen and oxygen atoms in total. The van der Waals surface area contributed by atoms with Crippen LogP contribution in [0.1, 0.15) is 0 Å². The molecule has 0 radical (unpaired) electrons. The Morgan fingerprint density at radius 2 is 2.06 bits per heavy atom. The zero-order valence-electron chi connectivity index (χ0n) is 8.18. The highest BCUT2D eigenvalue weighted by atomic mass is 79.9. The number of benzene rings is 1. The van der Waals surface area contributed by atoms with Crippen molar-refractivity contribution < 1.29 is 13.2 Å². The molecule has 1 heterocycles. The summed E-state index contributed by atoms with van der Waals surface area (Å²) in [7, 11) is -3.48. The first-order chi connectivity index (χ1) is 7.54. The number of anilines is 2. The summed E-state index contributed by atoms with van der Waals surface area (Å²) < 4.78 is 24.4. The highest BCUT2D eigenvalue weighted by molar-refractivity contribution is 9.10. The average Bonchev–Trinajstić information content (AvgIpc) is 2.28. The third-order valence-electron chi connectivity index (χ3n) is 2.21. The van der Waals surface area contributed by atoms with E-state index in [1.165, 1.54) is 0 Å². The van der Waals surface area contributed by atoms with Crippen molar-refractivity contribution in [1.29, 1.82) is 0 Å². The van der Waals surface area contributed by atoms with Gasteiger partial charge in [-0.25, -0.2) is 8.42 Å². The first-order valence-corrected chi connectivity index (χ1v) is 7.23. The summed E-state index contributed by atoms with van der Waals surface area (Å²) in [4.78, 5) is 11.4. The number of carbonyl (C=O) groups excluding carboxylic acids is 1. The second kappa shape index (κ2) is 4.06. The van der Waals surface area contributed by atoms with E-state index in [0.29, 0.717) is 11.4 Å². The number of nitrogens with one attached hydrogen (secondary N) is 1. The second-order valence-electron chi connectivity index (χ2n) is 3.29. The van der Waals surface area contributed by atoms with E-state index in [1.807, 2.05) is 0 Å². The molecule has 0 bridgehead atoms. The van der Waals surface area contributed by atoms with Crippen LogP contribution in [0, 0.1) is 0 Å². The highest BCUT2D eigenvalue weighted by Gasteiger charge is 2.29. The van der Waals surface area contributed by atoms with Gasteiger partial charge in [0.1, 0.15) is 11.2 Å². The first-order valence-electron chi connectivity index (χ1n) is 4.50. The predicted octanol–water partition coefficient (Wildman–Crippen LogP) is 1.13. The van der Waals surface area contributed by atoms with Crippen molar-refractivity contribution in [1.82, 2.24) is 0 Å². The van der Waals surface area contributed by atoms with Crippen molar-refractivity contribution >= 4 is 43.2 Å². The molecule has 1 aromatic carbocycles. The van der Waals surface area contributed by atoms with E-state index in [9.17, 15) is 13.2 Å². The maximum absolute atomic E-state index is 11.8. The van der Waals surface area contributed by atoms with Gasteiger partial charge in [-0.1, -0.05) is 28.1 Å². The smallest absolute Gasteiger partial charge is 0.245 e. The first kappa shape index (κ1) is 11.4. The standard InChI is InChI=1S/C9H9BrN2O3S/c10-6-16(14,15)12-5-9(13)11-7-3-1-2-4-8(7)12/h1-4H,5-6H2,(H,11,13). The molecular weight excluding hydrogens is 296 g/mol. The van der Waals surface area contributed by atoms with Gasteiger partial charge in [0.15, 0.2) is 0 Å². The summed E-state index contributed by atoms with van der Waals surface area (Å²) in [5.41, 5.74) is 1.02. The second-order valence-corrected chi connectivity index (χ2v) is 6.49. The zero-order chi connectivity index (χ0) is 11.8. The Bertz CT molecular complexity index is 529. The summed E-state index contributed by atoms with van der Waals surface area (Å²) in [6.07, 6.45) is 0. The summed E-state index contributed by atoms with van der Waals surface area (Å²) in [5.74, 6) is -0.330. The number of alkyl halides is 1. The van der Waals surface area contributed by atoms with Gasteiger partial charge >= 0.3 is 0 Å².